The standard InChI is InChI=1S/C23H17ClF3N3O/c24-19-10-16(7-8-18(19)23(25,26)27)20-11-22(30-13-29-20)28-12-21(31)17-6-5-14-3-1-2-4-15(14)9-17/h1-11,13,21,31H,12H2,(H,28,29,30). The number of rotatable bonds is 5. The van der Waals surface area contributed by atoms with Gasteiger partial charge in [-0.15, -0.1) is 0 Å². The number of fused-ring (bicyclic) bond motifs is 1. The summed E-state index contributed by atoms with van der Waals surface area (Å²) in [5.74, 6) is 0.431. The van der Waals surface area contributed by atoms with Crippen molar-refractivity contribution in [2.45, 2.75) is 12.3 Å². The van der Waals surface area contributed by atoms with Gasteiger partial charge in [0, 0.05) is 18.2 Å². The second kappa shape index (κ2) is 8.53. The third-order valence-corrected chi connectivity index (χ3v) is 5.18. The van der Waals surface area contributed by atoms with Crippen LogP contribution >= 0.6 is 11.6 Å². The van der Waals surface area contributed by atoms with Crippen LogP contribution in [0.5, 0.6) is 0 Å². The molecule has 1 heterocycles. The highest BCUT2D eigenvalue weighted by atomic mass is 35.5. The van der Waals surface area contributed by atoms with Crippen molar-refractivity contribution in [3.8, 4) is 11.3 Å². The summed E-state index contributed by atoms with van der Waals surface area (Å²) in [7, 11) is 0. The molecule has 2 N–H and O–H groups in total. The van der Waals surface area contributed by atoms with E-state index in [9.17, 15) is 18.3 Å². The molecule has 4 nitrogen and oxygen atoms in total. The van der Waals surface area contributed by atoms with Crippen LogP contribution in [0.25, 0.3) is 22.0 Å². The lowest BCUT2D eigenvalue weighted by Gasteiger charge is -2.14. The van der Waals surface area contributed by atoms with E-state index >= 15 is 0 Å². The van der Waals surface area contributed by atoms with Gasteiger partial charge in [0.05, 0.1) is 22.4 Å². The molecule has 31 heavy (non-hydrogen) atoms. The molecular weight excluding hydrogens is 427 g/mol. The molecule has 0 aliphatic carbocycles. The van der Waals surface area contributed by atoms with Gasteiger partial charge in [-0.3, -0.25) is 0 Å². The smallest absolute Gasteiger partial charge is 0.387 e. The van der Waals surface area contributed by atoms with E-state index in [1.54, 1.807) is 6.07 Å². The SMILES string of the molecule is OC(CNc1cc(-c2ccc(C(F)(F)F)c(Cl)c2)ncn1)c1ccc2ccccc2c1. The number of aliphatic hydroxyl groups excluding tert-OH is 1. The lowest BCUT2D eigenvalue weighted by Crippen LogP contribution is -2.13. The van der Waals surface area contributed by atoms with Crippen molar-refractivity contribution in [3.05, 3.63) is 89.2 Å². The van der Waals surface area contributed by atoms with Gasteiger partial charge >= 0.3 is 6.18 Å². The number of benzene rings is 3. The molecule has 4 rings (SSSR count). The van der Waals surface area contributed by atoms with E-state index in [2.05, 4.69) is 15.3 Å². The molecular formula is C23H17ClF3N3O. The van der Waals surface area contributed by atoms with Crippen LogP contribution in [0, 0.1) is 0 Å². The molecule has 0 bridgehead atoms. The average molecular weight is 444 g/mol. The van der Waals surface area contributed by atoms with E-state index in [1.165, 1.54) is 18.5 Å². The van der Waals surface area contributed by atoms with Gasteiger partial charge in [0.15, 0.2) is 0 Å². The number of hydrogen-bond acceptors (Lipinski definition) is 4. The number of alkyl halides is 3. The fourth-order valence-electron chi connectivity index (χ4n) is 3.25. The zero-order valence-corrected chi connectivity index (χ0v) is 16.8. The van der Waals surface area contributed by atoms with Gasteiger partial charge in [0.25, 0.3) is 0 Å². The summed E-state index contributed by atoms with van der Waals surface area (Å²) in [6.45, 7) is 0.197. The Balaban J connectivity index is 1.49. The lowest BCUT2D eigenvalue weighted by atomic mass is 10.0. The first-order valence-electron chi connectivity index (χ1n) is 9.41. The zero-order valence-electron chi connectivity index (χ0n) is 16.1. The Hall–Kier alpha value is -3.16. The van der Waals surface area contributed by atoms with Gasteiger partial charge in [-0.1, -0.05) is 54.1 Å². The van der Waals surface area contributed by atoms with Gasteiger partial charge in [0.1, 0.15) is 12.1 Å². The maximum Gasteiger partial charge on any atom is 0.417 e. The van der Waals surface area contributed by atoms with Crippen LogP contribution in [-0.2, 0) is 6.18 Å². The van der Waals surface area contributed by atoms with Gasteiger partial charge in [-0.25, -0.2) is 9.97 Å². The predicted octanol–water partition coefficient (Wildman–Crippen LogP) is 6.11. The van der Waals surface area contributed by atoms with E-state index in [0.717, 1.165) is 22.4 Å². The monoisotopic (exact) mass is 443 g/mol. The van der Waals surface area contributed by atoms with Crippen molar-refractivity contribution in [2.24, 2.45) is 0 Å². The van der Waals surface area contributed by atoms with Crippen molar-refractivity contribution in [3.63, 3.8) is 0 Å². The third kappa shape index (κ3) is 4.78. The highest BCUT2D eigenvalue weighted by Gasteiger charge is 2.33. The fourth-order valence-corrected chi connectivity index (χ4v) is 3.54. The van der Waals surface area contributed by atoms with Crippen LogP contribution in [0.2, 0.25) is 5.02 Å². The van der Waals surface area contributed by atoms with Crippen molar-refractivity contribution in [2.75, 3.05) is 11.9 Å². The first kappa shape index (κ1) is 21.1. The maximum absolute atomic E-state index is 12.9. The quantitative estimate of drug-likeness (QED) is 0.390. The molecule has 4 aromatic rings. The van der Waals surface area contributed by atoms with Crippen molar-refractivity contribution in [1.29, 1.82) is 0 Å². The van der Waals surface area contributed by atoms with Crippen LogP contribution in [0.1, 0.15) is 17.2 Å². The normalized spacial score (nSPS) is 12.7. The van der Waals surface area contributed by atoms with E-state index in [1.807, 2.05) is 42.5 Å². The first-order chi connectivity index (χ1) is 14.8. The van der Waals surface area contributed by atoms with Gasteiger partial charge < -0.3 is 10.4 Å². The minimum Gasteiger partial charge on any atom is -0.387 e. The Kier molecular flexibility index (Phi) is 5.80. The number of nitrogens with zero attached hydrogens (tertiary/aromatic N) is 2. The Morgan fingerprint density at radius 1 is 0.935 bits per heavy atom. The molecule has 8 heteroatoms. The van der Waals surface area contributed by atoms with Crippen molar-refractivity contribution in [1.82, 2.24) is 9.97 Å². The van der Waals surface area contributed by atoms with Gasteiger partial charge in [-0.05, 0) is 34.5 Å². The third-order valence-electron chi connectivity index (χ3n) is 4.87. The second-order valence-electron chi connectivity index (χ2n) is 6.98. The molecule has 0 fully saturated rings. The van der Waals surface area contributed by atoms with Crippen LogP contribution < -0.4 is 5.32 Å². The number of halogens is 4. The Morgan fingerprint density at radius 2 is 1.71 bits per heavy atom. The van der Waals surface area contributed by atoms with Crippen LogP contribution in [0.15, 0.2) is 73.1 Å². The first-order valence-corrected chi connectivity index (χ1v) is 9.79. The highest BCUT2D eigenvalue weighted by Crippen LogP contribution is 2.36. The molecule has 0 radical (unpaired) electrons. The second-order valence-corrected chi connectivity index (χ2v) is 7.39. The summed E-state index contributed by atoms with van der Waals surface area (Å²) in [6.07, 6.45) is -4.00. The molecule has 0 saturated carbocycles. The van der Waals surface area contributed by atoms with Crippen LogP contribution in [0.4, 0.5) is 19.0 Å². The summed E-state index contributed by atoms with van der Waals surface area (Å²) < 4.78 is 38.7. The fraction of sp³-hybridized carbons (Fsp3) is 0.130. The molecule has 158 valence electrons. The lowest BCUT2D eigenvalue weighted by molar-refractivity contribution is -0.137. The van der Waals surface area contributed by atoms with Gasteiger partial charge in [0.2, 0.25) is 0 Å². The predicted molar refractivity (Wildman–Crippen MR) is 115 cm³/mol. The maximum atomic E-state index is 12.9. The number of nitrogens with one attached hydrogen (secondary N) is 1. The van der Waals surface area contributed by atoms with Gasteiger partial charge in [-0.2, -0.15) is 13.2 Å². The molecule has 1 aromatic heterocycles. The van der Waals surface area contributed by atoms with Crippen molar-refractivity contribution >= 4 is 28.2 Å². The Labute approximate surface area is 181 Å². The van der Waals surface area contributed by atoms with E-state index in [0.29, 0.717) is 17.1 Å². The summed E-state index contributed by atoms with van der Waals surface area (Å²) in [4.78, 5) is 8.22. The zero-order chi connectivity index (χ0) is 22.0. The summed E-state index contributed by atoms with van der Waals surface area (Å²) in [5.41, 5.74) is 0.700. The topological polar surface area (TPSA) is 58.0 Å². The van der Waals surface area contributed by atoms with Crippen LogP contribution in [0.3, 0.4) is 0 Å². The largest absolute Gasteiger partial charge is 0.417 e. The molecule has 3 aromatic carbocycles. The Bertz CT molecular complexity index is 1230. The minimum absolute atomic E-state index is 0.197. The van der Waals surface area contributed by atoms with Crippen LogP contribution in [-0.4, -0.2) is 21.6 Å². The molecule has 0 spiro atoms. The number of aromatic nitrogens is 2. The highest BCUT2D eigenvalue weighted by molar-refractivity contribution is 6.31. The molecule has 1 unspecified atom stereocenters. The van der Waals surface area contributed by atoms with E-state index < -0.39 is 22.9 Å². The molecule has 0 aliphatic heterocycles. The molecule has 0 aliphatic rings. The summed E-state index contributed by atoms with van der Waals surface area (Å²) >= 11 is 5.80. The molecule has 0 saturated heterocycles. The number of anilines is 1. The van der Waals surface area contributed by atoms with E-state index in [-0.39, 0.29) is 6.54 Å². The average Bonchev–Trinajstić information content (AvgIpc) is 2.76. The molecule has 0 amide bonds. The van der Waals surface area contributed by atoms with E-state index in [4.69, 9.17) is 11.6 Å². The molecule has 1 atom stereocenters. The minimum atomic E-state index is -4.52. The number of aliphatic hydroxyl groups is 1. The summed E-state index contributed by atoms with van der Waals surface area (Å²) in [5, 5.41) is 15.3. The summed E-state index contributed by atoms with van der Waals surface area (Å²) in [6, 6.07) is 18.7. The Morgan fingerprint density at radius 3 is 2.45 bits per heavy atom. The number of hydrogen-bond donors (Lipinski definition) is 2. The van der Waals surface area contributed by atoms with Crippen molar-refractivity contribution < 1.29 is 18.3 Å².